The first-order valence-electron chi connectivity index (χ1n) is 2.76. The van der Waals surface area contributed by atoms with Crippen LogP contribution in [0, 0.1) is 0 Å². The van der Waals surface area contributed by atoms with E-state index in [9.17, 15) is 0 Å². The zero-order chi connectivity index (χ0) is 5.82. The summed E-state index contributed by atoms with van der Waals surface area (Å²) in [7, 11) is 1.98. The molecule has 0 aromatic heterocycles. The summed E-state index contributed by atoms with van der Waals surface area (Å²) in [5.74, 6) is 0. The van der Waals surface area contributed by atoms with Crippen LogP contribution in [0.1, 0.15) is 5.56 Å². The van der Waals surface area contributed by atoms with Crippen molar-refractivity contribution in [3.63, 3.8) is 0 Å². The third kappa shape index (κ3) is 1.31. The molecule has 0 fully saturated rings. The van der Waals surface area contributed by atoms with E-state index in [0.717, 1.165) is 0 Å². The molecule has 1 rings (SSSR count). The molecule has 0 spiro atoms. The number of benzene rings is 1. The van der Waals surface area contributed by atoms with Gasteiger partial charge in [0.1, 0.15) is 0 Å². The predicted octanol–water partition coefficient (Wildman–Crippen LogP) is 1.79. The van der Waals surface area contributed by atoms with Gasteiger partial charge in [0, 0.05) is 0 Å². The lowest BCUT2D eigenvalue weighted by molar-refractivity contribution is 1.42. The Hall–Kier alpha value is -0.350. The first kappa shape index (κ1) is 5.78. The van der Waals surface area contributed by atoms with Crippen LogP contribution in [-0.2, 0) is 6.16 Å². The minimum atomic E-state index is 1.17. The van der Waals surface area contributed by atoms with E-state index in [1.165, 1.54) is 11.7 Å². The van der Waals surface area contributed by atoms with Gasteiger partial charge in [0.15, 0.2) is 0 Å². The maximum absolute atomic E-state index is 2.15. The Balaban J connectivity index is 2.83. The first-order chi connectivity index (χ1) is 3.93. The van der Waals surface area contributed by atoms with Crippen molar-refractivity contribution in [3.05, 3.63) is 35.9 Å². The molecule has 1 heteroatoms. The molecule has 0 N–H and O–H groups in total. The van der Waals surface area contributed by atoms with Gasteiger partial charge in [-0.25, -0.2) is 0 Å². The van der Waals surface area contributed by atoms with E-state index in [-0.39, 0.29) is 0 Å². The molecule has 0 aliphatic heterocycles. The molecule has 0 nitrogen and oxygen atoms in total. The zero-order valence-corrected chi connectivity index (χ0v) is 6.22. The molecule has 42 valence electrons. The average Bonchev–Trinajstić information content (AvgIpc) is 1.90. The predicted molar refractivity (Wildman–Crippen MR) is 41.3 cm³/mol. The lowest BCUT2D eigenvalue weighted by atomic mass is 10.2. The molecule has 0 aliphatic rings. The van der Waals surface area contributed by atoms with Gasteiger partial charge in [-0.15, -0.1) is 0 Å². The second-order valence-corrected chi connectivity index (χ2v) is 2.24. The van der Waals surface area contributed by atoms with Gasteiger partial charge in [0.2, 0.25) is 0 Å². The van der Waals surface area contributed by atoms with Crippen molar-refractivity contribution in [2.24, 2.45) is 0 Å². The van der Waals surface area contributed by atoms with Crippen LogP contribution in [0.25, 0.3) is 0 Å². The van der Waals surface area contributed by atoms with Crippen molar-refractivity contribution in [1.29, 1.82) is 0 Å². The highest BCUT2D eigenvalue weighted by molar-refractivity contribution is 7.15. The summed E-state index contributed by atoms with van der Waals surface area (Å²) in [6, 6.07) is 10.5. The third-order valence-corrected chi connectivity index (χ3v) is 1.71. The topological polar surface area (TPSA) is 0 Å². The van der Waals surface area contributed by atoms with E-state index < -0.39 is 0 Å². The first-order valence-corrected chi connectivity index (χ1v) is 3.76. The normalized spacial score (nSPS) is 9.50. The van der Waals surface area contributed by atoms with Crippen LogP contribution in [0.4, 0.5) is 0 Å². The minimum absolute atomic E-state index is 1.17. The van der Waals surface area contributed by atoms with Crippen LogP contribution in [-0.4, -0.2) is 0 Å². The maximum atomic E-state index is 2.15. The lowest BCUT2D eigenvalue weighted by Crippen LogP contribution is -1.70. The molecule has 0 heterocycles. The van der Waals surface area contributed by atoms with E-state index >= 15 is 0 Å². The third-order valence-electron chi connectivity index (χ3n) is 1.13. The lowest BCUT2D eigenvalue weighted by Gasteiger charge is -1.86. The summed E-state index contributed by atoms with van der Waals surface area (Å²) < 4.78 is 0. The van der Waals surface area contributed by atoms with Crippen LogP contribution in [0.2, 0.25) is 0 Å². The van der Waals surface area contributed by atoms with Gasteiger partial charge in [0.25, 0.3) is 0 Å². The molecular weight excluding hydrogens is 115 g/mol. The summed E-state index contributed by atoms with van der Waals surface area (Å²) in [6.07, 6.45) is 1.17. The van der Waals surface area contributed by atoms with Gasteiger partial charge in [-0.3, -0.25) is 0 Å². The van der Waals surface area contributed by atoms with Crippen molar-refractivity contribution >= 4 is 9.24 Å². The van der Waals surface area contributed by atoms with E-state index in [1.54, 1.807) is 0 Å². The summed E-state index contributed by atoms with van der Waals surface area (Å²) in [4.78, 5) is 0. The van der Waals surface area contributed by atoms with Crippen molar-refractivity contribution in [1.82, 2.24) is 0 Å². The van der Waals surface area contributed by atoms with Crippen molar-refractivity contribution in [3.8, 4) is 0 Å². The molecule has 0 saturated heterocycles. The van der Waals surface area contributed by atoms with Crippen LogP contribution in [0.15, 0.2) is 30.3 Å². The second kappa shape index (κ2) is 2.84. The summed E-state index contributed by atoms with van der Waals surface area (Å²) in [5, 5.41) is 0. The largest absolute Gasteiger partial charge is 0.0774 e. The second-order valence-electron chi connectivity index (χ2n) is 1.74. The molecule has 1 aromatic carbocycles. The van der Waals surface area contributed by atoms with Gasteiger partial charge < -0.3 is 0 Å². The quantitative estimate of drug-likeness (QED) is 0.502. The maximum Gasteiger partial charge on any atom is 0.0774 e. The number of hydrogen-bond acceptors (Lipinski definition) is 0. The fraction of sp³-hybridized carbons (Fsp3) is 0.143. The molecule has 8 heavy (non-hydrogen) atoms. The van der Waals surface area contributed by atoms with Gasteiger partial charge in [-0.2, -0.15) is 0 Å². The average molecular weight is 125 g/mol. The van der Waals surface area contributed by atoms with Crippen LogP contribution in [0.5, 0.6) is 0 Å². The molecule has 0 amide bonds. The summed E-state index contributed by atoms with van der Waals surface area (Å²) in [6.45, 7) is 0. The molecule has 1 unspecified atom stereocenters. The van der Waals surface area contributed by atoms with Gasteiger partial charge in [-0.05, 0) is 14.8 Å². The van der Waals surface area contributed by atoms with Crippen LogP contribution < -0.4 is 0 Å². The fourth-order valence-electron chi connectivity index (χ4n) is 0.645. The summed E-state index contributed by atoms with van der Waals surface area (Å²) in [5.41, 5.74) is 1.42. The van der Waals surface area contributed by atoms with Crippen LogP contribution in [0.3, 0.4) is 0 Å². The molecule has 1 atom stereocenters. The molecule has 0 bridgehead atoms. The smallest absolute Gasteiger partial charge is 0.0622 e. The number of hydrogen-bond donors (Lipinski definition) is 0. The van der Waals surface area contributed by atoms with Crippen molar-refractivity contribution in [2.45, 2.75) is 6.16 Å². The highest BCUT2D eigenvalue weighted by atomic mass is 31.0. The molecule has 0 aliphatic carbocycles. The summed E-state index contributed by atoms with van der Waals surface area (Å²) >= 11 is 0. The Kier molecular flexibility index (Phi) is 2.05. The Morgan fingerprint density at radius 2 is 1.75 bits per heavy atom. The Bertz CT molecular complexity index is 146. The van der Waals surface area contributed by atoms with Crippen molar-refractivity contribution in [2.75, 3.05) is 0 Å². The molecule has 0 saturated carbocycles. The Morgan fingerprint density at radius 3 is 2.12 bits per heavy atom. The van der Waals surface area contributed by atoms with E-state index in [1.807, 2.05) is 15.3 Å². The molecular formula is C7H10P+. The van der Waals surface area contributed by atoms with E-state index in [2.05, 4.69) is 24.3 Å². The standard InChI is InChI=1S/C7H9P/c8-6-7-4-2-1-3-5-7/h1-5H,6,8H2/p+1. The molecule has 0 radical (unpaired) electrons. The fourth-order valence-corrected chi connectivity index (χ4v) is 0.978. The Labute approximate surface area is 52.1 Å². The minimum Gasteiger partial charge on any atom is -0.0622 e. The molecule has 1 aromatic rings. The van der Waals surface area contributed by atoms with E-state index in [4.69, 9.17) is 0 Å². The number of rotatable bonds is 1. The van der Waals surface area contributed by atoms with Crippen LogP contribution >= 0.6 is 9.24 Å². The van der Waals surface area contributed by atoms with E-state index in [0.29, 0.717) is 0 Å². The van der Waals surface area contributed by atoms with Gasteiger partial charge in [0.05, 0.1) is 6.16 Å². The highest BCUT2D eigenvalue weighted by Crippen LogP contribution is 2.02. The highest BCUT2D eigenvalue weighted by Gasteiger charge is 1.83. The van der Waals surface area contributed by atoms with Crippen molar-refractivity contribution < 1.29 is 0 Å². The van der Waals surface area contributed by atoms with Gasteiger partial charge >= 0.3 is 0 Å². The van der Waals surface area contributed by atoms with Gasteiger partial charge in [-0.1, -0.05) is 30.3 Å². The SMILES string of the molecule is [PH3+]Cc1ccccc1. The monoisotopic (exact) mass is 125 g/mol. The zero-order valence-electron chi connectivity index (χ0n) is 4.80. The Morgan fingerprint density at radius 1 is 1.12 bits per heavy atom.